The molecule has 0 saturated heterocycles. The van der Waals surface area contributed by atoms with Crippen LogP contribution in [0.1, 0.15) is 34.1 Å². The molecular weight excluding hydrogens is 116 g/mol. The van der Waals surface area contributed by atoms with E-state index in [2.05, 4.69) is 11.8 Å². The molecule has 0 aromatic rings. The Morgan fingerprint density at radius 3 is 2.11 bits per heavy atom. The van der Waals surface area contributed by atoms with Crippen LogP contribution in [0.4, 0.5) is 0 Å². The Kier molecular flexibility index (Phi) is 3.15. The minimum Gasteiger partial charge on any atom is -0.251 e. The zero-order valence-electron chi connectivity index (χ0n) is 6.56. The molecule has 55 valence electrons. The summed E-state index contributed by atoms with van der Waals surface area (Å²) in [7, 11) is 0. The topological polar surface area (TPSA) is 29.5 Å². The largest absolute Gasteiger partial charge is 0.251 e. The second kappa shape index (κ2) is 3.18. The van der Waals surface area contributed by atoms with E-state index >= 15 is 0 Å². The van der Waals surface area contributed by atoms with Gasteiger partial charge in [-0.05, 0) is 18.8 Å². The average Bonchev–Trinajstić information content (AvgIpc) is 1.86. The molecule has 0 aromatic heterocycles. The van der Waals surface area contributed by atoms with Crippen LogP contribution < -0.4 is 0 Å². The SMILES string of the molecule is CCC(C)(C)[C](C)OO. The van der Waals surface area contributed by atoms with E-state index in [1.807, 2.05) is 13.8 Å². The molecule has 0 unspecified atom stereocenters. The Hall–Kier alpha value is -0.0800. The molecule has 0 aliphatic carbocycles. The summed E-state index contributed by atoms with van der Waals surface area (Å²) in [4.78, 5) is 4.12. The fraction of sp³-hybridized carbons (Fsp3) is 0.857. The fourth-order valence-corrected chi connectivity index (χ4v) is 0.373. The maximum Gasteiger partial charge on any atom is 0.138 e. The van der Waals surface area contributed by atoms with E-state index in [0.29, 0.717) is 6.10 Å². The smallest absolute Gasteiger partial charge is 0.138 e. The molecule has 0 spiro atoms. The van der Waals surface area contributed by atoms with Gasteiger partial charge in [0.05, 0.1) is 0 Å². The van der Waals surface area contributed by atoms with Crippen molar-refractivity contribution in [1.82, 2.24) is 0 Å². The van der Waals surface area contributed by atoms with Gasteiger partial charge in [-0.2, -0.15) is 0 Å². The van der Waals surface area contributed by atoms with Crippen LogP contribution in [-0.4, -0.2) is 5.26 Å². The first-order valence-corrected chi connectivity index (χ1v) is 3.20. The lowest BCUT2D eigenvalue weighted by Gasteiger charge is -2.25. The summed E-state index contributed by atoms with van der Waals surface area (Å²) in [6.07, 6.45) is 1.64. The second-order valence-electron chi connectivity index (χ2n) is 2.88. The Labute approximate surface area is 56.8 Å². The monoisotopic (exact) mass is 131 g/mol. The molecule has 1 N–H and O–H groups in total. The molecule has 0 atom stereocenters. The Morgan fingerprint density at radius 2 is 2.00 bits per heavy atom. The van der Waals surface area contributed by atoms with Gasteiger partial charge in [0, 0.05) is 0 Å². The second-order valence-corrected chi connectivity index (χ2v) is 2.88. The van der Waals surface area contributed by atoms with Crippen LogP contribution in [-0.2, 0) is 4.89 Å². The molecule has 0 aliphatic heterocycles. The standard InChI is InChI=1S/C7H15O2/c1-5-7(3,4)6(2)9-8/h8H,5H2,1-4H3. The van der Waals surface area contributed by atoms with Crippen LogP contribution in [0.2, 0.25) is 0 Å². The van der Waals surface area contributed by atoms with E-state index in [1.54, 1.807) is 6.92 Å². The number of rotatable bonds is 3. The first-order chi connectivity index (χ1) is 4.04. The molecule has 0 heterocycles. The van der Waals surface area contributed by atoms with Crippen LogP contribution in [0.15, 0.2) is 0 Å². The average molecular weight is 131 g/mol. The van der Waals surface area contributed by atoms with Gasteiger partial charge in [0.15, 0.2) is 0 Å². The normalized spacial score (nSPS) is 12.7. The zero-order valence-corrected chi connectivity index (χ0v) is 6.56. The molecule has 0 saturated carbocycles. The maximum atomic E-state index is 8.26. The van der Waals surface area contributed by atoms with E-state index in [-0.39, 0.29) is 5.41 Å². The van der Waals surface area contributed by atoms with Crippen LogP contribution in [0.3, 0.4) is 0 Å². The van der Waals surface area contributed by atoms with Gasteiger partial charge in [-0.15, -0.1) is 0 Å². The van der Waals surface area contributed by atoms with Crippen molar-refractivity contribution in [1.29, 1.82) is 0 Å². The highest BCUT2D eigenvalue weighted by atomic mass is 17.1. The molecule has 0 rings (SSSR count). The highest BCUT2D eigenvalue weighted by molar-refractivity contribution is 4.88. The minimum atomic E-state index is -0.00521. The van der Waals surface area contributed by atoms with E-state index < -0.39 is 0 Å². The van der Waals surface area contributed by atoms with Crippen molar-refractivity contribution >= 4 is 0 Å². The van der Waals surface area contributed by atoms with Crippen molar-refractivity contribution in [3.63, 3.8) is 0 Å². The van der Waals surface area contributed by atoms with Crippen LogP contribution in [0, 0.1) is 11.5 Å². The van der Waals surface area contributed by atoms with Gasteiger partial charge in [-0.3, -0.25) is 5.26 Å². The summed E-state index contributed by atoms with van der Waals surface area (Å²) in [6.45, 7) is 7.89. The van der Waals surface area contributed by atoms with Crippen molar-refractivity contribution in [2.75, 3.05) is 0 Å². The van der Waals surface area contributed by atoms with Gasteiger partial charge in [-0.25, -0.2) is 4.89 Å². The van der Waals surface area contributed by atoms with Gasteiger partial charge in [0.25, 0.3) is 0 Å². The highest BCUT2D eigenvalue weighted by Crippen LogP contribution is 2.31. The van der Waals surface area contributed by atoms with E-state index in [0.717, 1.165) is 6.42 Å². The fourth-order valence-electron chi connectivity index (χ4n) is 0.373. The third kappa shape index (κ3) is 2.33. The van der Waals surface area contributed by atoms with E-state index in [1.165, 1.54) is 0 Å². The first-order valence-electron chi connectivity index (χ1n) is 3.20. The third-order valence-corrected chi connectivity index (χ3v) is 1.97. The quantitative estimate of drug-likeness (QED) is 0.471. The molecule has 1 radical (unpaired) electrons. The molecule has 0 aliphatic rings. The lowest BCUT2D eigenvalue weighted by Crippen LogP contribution is -2.19. The van der Waals surface area contributed by atoms with E-state index in [9.17, 15) is 0 Å². The van der Waals surface area contributed by atoms with Crippen molar-refractivity contribution in [3.05, 3.63) is 6.10 Å². The van der Waals surface area contributed by atoms with E-state index in [4.69, 9.17) is 5.26 Å². The lowest BCUT2D eigenvalue weighted by molar-refractivity contribution is -0.249. The first kappa shape index (κ1) is 8.92. The minimum absolute atomic E-state index is 0.00521. The number of hydrogen-bond donors (Lipinski definition) is 1. The Balaban J connectivity index is 3.80. The van der Waals surface area contributed by atoms with Gasteiger partial charge in [0.2, 0.25) is 0 Å². The third-order valence-electron chi connectivity index (χ3n) is 1.97. The zero-order chi connectivity index (χ0) is 7.49. The maximum absolute atomic E-state index is 8.26. The molecule has 9 heavy (non-hydrogen) atoms. The van der Waals surface area contributed by atoms with Crippen LogP contribution in [0.5, 0.6) is 0 Å². The highest BCUT2D eigenvalue weighted by Gasteiger charge is 2.25. The molecule has 0 fully saturated rings. The summed E-state index contributed by atoms with van der Waals surface area (Å²) < 4.78 is 0. The van der Waals surface area contributed by atoms with Crippen LogP contribution in [0.25, 0.3) is 0 Å². The van der Waals surface area contributed by atoms with Gasteiger partial charge >= 0.3 is 0 Å². The summed E-state index contributed by atoms with van der Waals surface area (Å²) in [5.41, 5.74) is -0.00521. The predicted octanol–water partition coefficient (Wildman–Crippen LogP) is 2.46. The van der Waals surface area contributed by atoms with Crippen molar-refractivity contribution < 1.29 is 10.1 Å². The molecule has 0 bridgehead atoms. The predicted molar refractivity (Wildman–Crippen MR) is 36.7 cm³/mol. The van der Waals surface area contributed by atoms with Crippen molar-refractivity contribution in [3.8, 4) is 0 Å². The summed E-state index contributed by atoms with van der Waals surface area (Å²) in [5.74, 6) is 0. The Bertz CT molecular complexity index is 79.0. The lowest BCUT2D eigenvalue weighted by atomic mass is 9.85. The molecule has 2 heteroatoms. The van der Waals surface area contributed by atoms with Crippen LogP contribution >= 0.6 is 0 Å². The Morgan fingerprint density at radius 1 is 1.56 bits per heavy atom. The van der Waals surface area contributed by atoms with Gasteiger partial charge in [0.1, 0.15) is 6.10 Å². The summed E-state index contributed by atoms with van der Waals surface area (Å²) in [6, 6.07) is 0. The molecular formula is C7H15O2. The van der Waals surface area contributed by atoms with Gasteiger partial charge in [-0.1, -0.05) is 20.8 Å². The van der Waals surface area contributed by atoms with Crippen molar-refractivity contribution in [2.24, 2.45) is 5.41 Å². The molecule has 2 nitrogen and oxygen atoms in total. The molecule has 0 amide bonds. The summed E-state index contributed by atoms with van der Waals surface area (Å²) >= 11 is 0. The summed E-state index contributed by atoms with van der Waals surface area (Å²) in [5, 5.41) is 8.26. The van der Waals surface area contributed by atoms with Gasteiger partial charge < -0.3 is 0 Å². The number of hydrogen-bond acceptors (Lipinski definition) is 2. The van der Waals surface area contributed by atoms with Crippen molar-refractivity contribution in [2.45, 2.75) is 34.1 Å². The molecule has 0 aromatic carbocycles.